The number of nitrogens with one attached hydrogen (secondary N) is 1. The highest BCUT2D eigenvalue weighted by atomic mass is 17.0. The van der Waals surface area contributed by atoms with Crippen LogP contribution in [-0.4, -0.2) is 29.0 Å². The SMILES string of the molecule is CC(O)Oc1ccc(NCCC(=O)O[N+](=O)[O-])cc1. The van der Waals surface area contributed by atoms with Crippen LogP contribution in [0.25, 0.3) is 0 Å². The van der Waals surface area contributed by atoms with Crippen molar-refractivity contribution >= 4 is 11.7 Å². The zero-order valence-corrected chi connectivity index (χ0v) is 10.2. The van der Waals surface area contributed by atoms with Gasteiger partial charge in [0.2, 0.25) is 0 Å². The fraction of sp³-hybridized carbons (Fsp3) is 0.364. The molecule has 104 valence electrons. The van der Waals surface area contributed by atoms with Gasteiger partial charge in [0.15, 0.2) is 6.29 Å². The topological polar surface area (TPSA) is 111 Å². The molecule has 0 spiro atoms. The molecule has 0 saturated heterocycles. The summed E-state index contributed by atoms with van der Waals surface area (Å²) in [5.74, 6) is -0.403. The highest BCUT2D eigenvalue weighted by Gasteiger charge is 2.06. The Morgan fingerprint density at radius 3 is 2.63 bits per heavy atom. The van der Waals surface area contributed by atoms with Gasteiger partial charge in [-0.2, -0.15) is 0 Å². The summed E-state index contributed by atoms with van der Waals surface area (Å²) in [7, 11) is 0. The predicted molar refractivity (Wildman–Crippen MR) is 64.9 cm³/mol. The van der Waals surface area contributed by atoms with Crippen LogP contribution in [0.1, 0.15) is 13.3 Å². The molecule has 0 aromatic heterocycles. The van der Waals surface area contributed by atoms with Crippen molar-refractivity contribution in [2.24, 2.45) is 0 Å². The monoisotopic (exact) mass is 270 g/mol. The van der Waals surface area contributed by atoms with Crippen LogP contribution < -0.4 is 10.1 Å². The number of benzene rings is 1. The largest absolute Gasteiger partial charge is 0.465 e. The molecule has 19 heavy (non-hydrogen) atoms. The van der Waals surface area contributed by atoms with Gasteiger partial charge < -0.3 is 15.2 Å². The first-order chi connectivity index (χ1) is 8.97. The lowest BCUT2D eigenvalue weighted by Gasteiger charge is -2.10. The summed E-state index contributed by atoms with van der Waals surface area (Å²) in [6, 6.07) is 6.67. The van der Waals surface area contributed by atoms with E-state index in [0.29, 0.717) is 11.4 Å². The number of aliphatic hydroxyl groups is 1. The van der Waals surface area contributed by atoms with Crippen molar-refractivity contribution in [3.05, 3.63) is 34.4 Å². The number of nitrogens with zero attached hydrogens (tertiary/aromatic N) is 1. The van der Waals surface area contributed by atoms with E-state index in [1.54, 1.807) is 24.3 Å². The van der Waals surface area contributed by atoms with Crippen LogP contribution in [0.5, 0.6) is 5.75 Å². The summed E-state index contributed by atoms with van der Waals surface area (Å²) in [6.07, 6.45) is -1.01. The van der Waals surface area contributed by atoms with Gasteiger partial charge in [0.05, 0.1) is 6.42 Å². The van der Waals surface area contributed by atoms with Crippen LogP contribution >= 0.6 is 0 Å². The van der Waals surface area contributed by atoms with Gasteiger partial charge in [-0.05, 0) is 31.2 Å². The van der Waals surface area contributed by atoms with Crippen molar-refractivity contribution in [1.82, 2.24) is 0 Å². The Bertz CT molecular complexity index is 431. The number of hydrogen-bond acceptors (Lipinski definition) is 7. The van der Waals surface area contributed by atoms with Crippen LogP contribution in [-0.2, 0) is 9.63 Å². The second-order valence-electron chi connectivity index (χ2n) is 3.61. The Morgan fingerprint density at radius 1 is 1.47 bits per heavy atom. The average molecular weight is 270 g/mol. The van der Waals surface area contributed by atoms with Crippen LogP contribution in [0.3, 0.4) is 0 Å². The third-order valence-electron chi connectivity index (χ3n) is 2.00. The maximum absolute atomic E-state index is 10.9. The normalized spacial score (nSPS) is 11.5. The summed E-state index contributed by atoms with van der Waals surface area (Å²) >= 11 is 0. The van der Waals surface area contributed by atoms with Crippen molar-refractivity contribution < 1.29 is 24.6 Å². The van der Waals surface area contributed by atoms with E-state index < -0.39 is 17.3 Å². The molecule has 1 atom stereocenters. The lowest BCUT2D eigenvalue weighted by Crippen LogP contribution is -2.14. The van der Waals surface area contributed by atoms with Gasteiger partial charge in [-0.25, -0.2) is 4.84 Å². The minimum Gasteiger partial charge on any atom is -0.465 e. The smallest absolute Gasteiger partial charge is 0.305 e. The summed E-state index contributed by atoms with van der Waals surface area (Å²) < 4.78 is 5.03. The molecular formula is C11H14N2O6. The number of aliphatic hydroxyl groups excluding tert-OH is 1. The number of carbonyl (C=O) groups is 1. The van der Waals surface area contributed by atoms with E-state index in [0.717, 1.165) is 0 Å². The highest BCUT2D eigenvalue weighted by molar-refractivity contribution is 5.69. The molecule has 1 rings (SSSR count). The van der Waals surface area contributed by atoms with E-state index in [-0.39, 0.29) is 13.0 Å². The van der Waals surface area contributed by atoms with Crippen molar-refractivity contribution in [2.45, 2.75) is 19.6 Å². The summed E-state index contributed by atoms with van der Waals surface area (Å²) in [5.41, 5.74) is 0.715. The minimum absolute atomic E-state index is 0.118. The number of ether oxygens (including phenoxy) is 1. The quantitative estimate of drug-likeness (QED) is 0.431. The third kappa shape index (κ3) is 6.22. The lowest BCUT2D eigenvalue weighted by molar-refractivity contribution is -0.729. The highest BCUT2D eigenvalue weighted by Crippen LogP contribution is 2.16. The Kier molecular flexibility index (Phi) is 5.55. The maximum atomic E-state index is 10.9. The van der Waals surface area contributed by atoms with Gasteiger partial charge in [0.25, 0.3) is 0 Å². The van der Waals surface area contributed by atoms with Crippen molar-refractivity contribution in [3.8, 4) is 5.75 Å². The van der Waals surface area contributed by atoms with Crippen LogP contribution in [0.4, 0.5) is 5.69 Å². The Hall–Kier alpha value is -2.35. The molecular weight excluding hydrogens is 256 g/mol. The van der Waals surface area contributed by atoms with E-state index in [2.05, 4.69) is 10.2 Å². The van der Waals surface area contributed by atoms with Gasteiger partial charge in [-0.15, -0.1) is 10.1 Å². The Balaban J connectivity index is 2.34. The Labute approximate surface area is 109 Å². The molecule has 0 radical (unpaired) electrons. The first-order valence-electron chi connectivity index (χ1n) is 5.51. The summed E-state index contributed by atoms with van der Waals surface area (Å²) in [4.78, 5) is 24.5. The maximum Gasteiger partial charge on any atom is 0.305 e. The van der Waals surface area contributed by atoms with Crippen LogP contribution in [0.2, 0.25) is 0 Å². The molecule has 0 aliphatic rings. The van der Waals surface area contributed by atoms with Gasteiger partial charge in [-0.1, -0.05) is 0 Å². The third-order valence-corrected chi connectivity index (χ3v) is 2.00. The number of anilines is 1. The van der Waals surface area contributed by atoms with E-state index in [1.807, 2.05) is 0 Å². The van der Waals surface area contributed by atoms with Gasteiger partial charge in [0, 0.05) is 12.2 Å². The van der Waals surface area contributed by atoms with Crippen LogP contribution in [0, 0.1) is 10.1 Å². The standard InChI is InChI=1S/C11H14N2O6/c1-8(14)18-10-4-2-9(3-5-10)12-7-6-11(15)19-13(16)17/h2-5,8,12,14H,6-7H2,1H3. The van der Waals surface area contributed by atoms with Gasteiger partial charge in [-0.3, -0.25) is 4.79 Å². The van der Waals surface area contributed by atoms with Crippen molar-refractivity contribution in [3.63, 3.8) is 0 Å². The zero-order valence-electron chi connectivity index (χ0n) is 10.2. The minimum atomic E-state index is -1.13. The summed E-state index contributed by atoms with van der Waals surface area (Å²) in [6.45, 7) is 1.70. The molecule has 0 saturated carbocycles. The van der Waals surface area contributed by atoms with Crippen molar-refractivity contribution in [2.75, 3.05) is 11.9 Å². The lowest BCUT2D eigenvalue weighted by atomic mass is 10.3. The second-order valence-corrected chi connectivity index (χ2v) is 3.61. The molecule has 1 aromatic carbocycles. The first kappa shape index (κ1) is 14.7. The van der Waals surface area contributed by atoms with E-state index >= 15 is 0 Å². The molecule has 1 unspecified atom stereocenters. The molecule has 0 aliphatic heterocycles. The van der Waals surface area contributed by atoms with E-state index in [4.69, 9.17) is 9.84 Å². The van der Waals surface area contributed by atoms with E-state index in [1.165, 1.54) is 6.92 Å². The molecule has 0 aliphatic carbocycles. The molecule has 0 bridgehead atoms. The number of carbonyl (C=O) groups excluding carboxylic acids is 1. The predicted octanol–water partition coefficient (Wildman–Crippen LogP) is 0.941. The van der Waals surface area contributed by atoms with E-state index in [9.17, 15) is 14.9 Å². The number of hydrogen-bond donors (Lipinski definition) is 2. The second kappa shape index (κ2) is 7.17. The fourth-order valence-corrected chi connectivity index (χ4v) is 1.29. The molecule has 1 aromatic rings. The molecule has 8 nitrogen and oxygen atoms in total. The fourth-order valence-electron chi connectivity index (χ4n) is 1.29. The Morgan fingerprint density at radius 2 is 2.11 bits per heavy atom. The molecule has 2 N–H and O–H groups in total. The summed E-state index contributed by atoms with van der Waals surface area (Å²) in [5, 5.41) is 20.6. The zero-order chi connectivity index (χ0) is 14.3. The van der Waals surface area contributed by atoms with Gasteiger partial charge >= 0.3 is 11.1 Å². The van der Waals surface area contributed by atoms with Crippen molar-refractivity contribution in [1.29, 1.82) is 0 Å². The van der Waals surface area contributed by atoms with Gasteiger partial charge in [0.1, 0.15) is 5.75 Å². The molecule has 8 heteroatoms. The molecule has 0 fully saturated rings. The number of rotatable bonds is 7. The average Bonchev–Trinajstić information content (AvgIpc) is 2.29. The van der Waals surface area contributed by atoms with Crippen LogP contribution in [0.15, 0.2) is 24.3 Å². The molecule has 0 heterocycles. The molecule has 0 amide bonds. The first-order valence-corrected chi connectivity index (χ1v) is 5.51.